The van der Waals surface area contributed by atoms with Gasteiger partial charge in [-0.05, 0) is 0 Å². The predicted molar refractivity (Wildman–Crippen MR) is 39.9 cm³/mol. The number of nitrogens with zero attached hydrogens (tertiary/aromatic N) is 2. The molecule has 0 heterocycles. The first-order valence-electron chi connectivity index (χ1n) is 2.62. The molecule has 0 saturated carbocycles. The number of carboxylic acids is 1. The minimum atomic E-state index is -1.30. The molecule has 0 radical (unpaired) electrons. The van der Waals surface area contributed by atoms with Gasteiger partial charge in [0.25, 0.3) is 0 Å². The van der Waals surface area contributed by atoms with Gasteiger partial charge in [0.15, 0.2) is 11.9 Å². The van der Waals surface area contributed by atoms with E-state index in [2.05, 4.69) is 16.9 Å². The smallest absolute Gasteiger partial charge is 0.328 e. The van der Waals surface area contributed by atoms with Gasteiger partial charge in [-0.25, -0.2) is 5.84 Å². The lowest BCUT2D eigenvalue weighted by Crippen LogP contribution is -2.48. The molecule has 0 saturated heterocycles. The van der Waals surface area contributed by atoms with Crippen LogP contribution >= 0.6 is 0 Å². The third-order valence-electron chi connectivity index (χ3n) is 0.887. The van der Waals surface area contributed by atoms with Crippen molar-refractivity contribution in [2.24, 2.45) is 21.8 Å². The van der Waals surface area contributed by atoms with Crippen LogP contribution in [0.1, 0.15) is 0 Å². The summed E-state index contributed by atoms with van der Waals surface area (Å²) >= 11 is 0. The monoisotopic (exact) mass is 159 g/mol. The standard InChI is InChI=1S/C4H9N5O2/c1-7-9-3(8-6)2(5)4(10)11/h2H,1,5-6H2,(H,8,9)(H,10,11). The van der Waals surface area contributed by atoms with Crippen LogP contribution in [0, 0.1) is 0 Å². The average molecular weight is 159 g/mol. The Morgan fingerprint density at radius 1 is 1.73 bits per heavy atom. The second kappa shape index (κ2) is 4.36. The molecule has 0 amide bonds. The summed E-state index contributed by atoms with van der Waals surface area (Å²) in [7, 11) is 0. The van der Waals surface area contributed by atoms with Gasteiger partial charge in [-0.3, -0.25) is 4.79 Å². The minimum absolute atomic E-state index is 0.146. The van der Waals surface area contributed by atoms with E-state index >= 15 is 0 Å². The summed E-state index contributed by atoms with van der Waals surface area (Å²) in [4.78, 5) is 10.2. The molecule has 7 nitrogen and oxygen atoms in total. The van der Waals surface area contributed by atoms with Gasteiger partial charge in [-0.15, -0.1) is 5.10 Å². The number of aliphatic carboxylic acids is 1. The first kappa shape index (κ1) is 9.53. The zero-order chi connectivity index (χ0) is 8.85. The van der Waals surface area contributed by atoms with Gasteiger partial charge < -0.3 is 16.3 Å². The largest absolute Gasteiger partial charge is 0.480 e. The molecular weight excluding hydrogens is 150 g/mol. The van der Waals surface area contributed by atoms with E-state index in [0.717, 1.165) is 0 Å². The second-order valence-electron chi connectivity index (χ2n) is 1.59. The van der Waals surface area contributed by atoms with Gasteiger partial charge in [0.05, 0.1) is 0 Å². The molecule has 6 N–H and O–H groups in total. The highest BCUT2D eigenvalue weighted by atomic mass is 16.4. The second-order valence-corrected chi connectivity index (χ2v) is 1.59. The maximum absolute atomic E-state index is 10.2. The fourth-order valence-corrected chi connectivity index (χ4v) is 0.374. The maximum Gasteiger partial charge on any atom is 0.328 e. The van der Waals surface area contributed by atoms with E-state index in [-0.39, 0.29) is 5.84 Å². The Morgan fingerprint density at radius 2 is 2.27 bits per heavy atom. The van der Waals surface area contributed by atoms with Crippen LogP contribution in [-0.4, -0.2) is 29.7 Å². The summed E-state index contributed by atoms with van der Waals surface area (Å²) in [6.07, 6.45) is 0. The number of hydrazine groups is 1. The van der Waals surface area contributed by atoms with Crippen LogP contribution in [0.25, 0.3) is 0 Å². The molecule has 7 heteroatoms. The number of hydrogen-bond donors (Lipinski definition) is 4. The Hall–Kier alpha value is -1.47. The third kappa shape index (κ3) is 2.74. The van der Waals surface area contributed by atoms with Crippen LogP contribution in [0.15, 0.2) is 10.2 Å². The Bertz CT molecular complexity index is 189. The van der Waals surface area contributed by atoms with Crippen LogP contribution in [0.3, 0.4) is 0 Å². The fourth-order valence-electron chi connectivity index (χ4n) is 0.374. The number of nitrogens with one attached hydrogen (secondary N) is 1. The molecule has 0 aliphatic heterocycles. The zero-order valence-electron chi connectivity index (χ0n) is 5.69. The van der Waals surface area contributed by atoms with Crippen molar-refractivity contribution in [2.45, 2.75) is 6.04 Å². The number of amidine groups is 1. The highest BCUT2D eigenvalue weighted by molar-refractivity contribution is 6.03. The molecule has 0 aromatic rings. The number of nitrogens with two attached hydrogens (primary N) is 2. The van der Waals surface area contributed by atoms with Crippen molar-refractivity contribution < 1.29 is 9.90 Å². The molecule has 0 bridgehead atoms. The maximum atomic E-state index is 10.2. The van der Waals surface area contributed by atoms with Crippen molar-refractivity contribution in [3.8, 4) is 0 Å². The summed E-state index contributed by atoms with van der Waals surface area (Å²) in [5.74, 6) is 3.49. The van der Waals surface area contributed by atoms with Crippen molar-refractivity contribution in [3.05, 3.63) is 0 Å². The van der Waals surface area contributed by atoms with E-state index in [9.17, 15) is 4.79 Å². The molecule has 0 fully saturated rings. The molecule has 0 aliphatic rings. The number of rotatable bonds is 3. The lowest BCUT2D eigenvalue weighted by atomic mass is 10.3. The van der Waals surface area contributed by atoms with Crippen LogP contribution in [-0.2, 0) is 4.79 Å². The van der Waals surface area contributed by atoms with E-state index in [0.29, 0.717) is 0 Å². The lowest BCUT2D eigenvalue weighted by molar-refractivity contribution is -0.136. The van der Waals surface area contributed by atoms with Gasteiger partial charge in [-0.1, -0.05) is 0 Å². The normalized spacial score (nSPS) is 13.8. The summed E-state index contributed by atoms with van der Waals surface area (Å²) in [6, 6.07) is -1.30. The quantitative estimate of drug-likeness (QED) is 0.162. The topological polar surface area (TPSA) is 126 Å². The van der Waals surface area contributed by atoms with Crippen molar-refractivity contribution in [1.82, 2.24) is 5.43 Å². The summed E-state index contributed by atoms with van der Waals surface area (Å²) in [5.41, 5.74) is 7.09. The molecule has 0 aliphatic carbocycles. The molecule has 1 atom stereocenters. The highest BCUT2D eigenvalue weighted by Crippen LogP contribution is 1.82. The van der Waals surface area contributed by atoms with Crippen molar-refractivity contribution in [2.75, 3.05) is 0 Å². The number of carbonyl (C=O) groups is 1. The van der Waals surface area contributed by atoms with E-state index in [1.54, 1.807) is 0 Å². The summed E-state index contributed by atoms with van der Waals surface area (Å²) < 4.78 is 0. The van der Waals surface area contributed by atoms with E-state index in [1.165, 1.54) is 0 Å². The summed E-state index contributed by atoms with van der Waals surface area (Å²) in [5, 5.41) is 14.7. The molecule has 0 aromatic heterocycles. The minimum Gasteiger partial charge on any atom is -0.480 e. The van der Waals surface area contributed by atoms with Crippen LogP contribution in [0.5, 0.6) is 0 Å². The van der Waals surface area contributed by atoms with E-state index in [1.807, 2.05) is 5.43 Å². The molecule has 62 valence electrons. The van der Waals surface area contributed by atoms with Gasteiger partial charge in [0, 0.05) is 6.72 Å². The Labute approximate surface area is 62.8 Å². The highest BCUT2D eigenvalue weighted by Gasteiger charge is 2.17. The predicted octanol–water partition coefficient (Wildman–Crippen LogP) is -2.12. The Kier molecular flexibility index (Phi) is 3.78. The molecular formula is C4H9N5O2. The molecule has 0 spiro atoms. The summed E-state index contributed by atoms with van der Waals surface area (Å²) in [6.45, 7) is 3.01. The number of carboxylic acid groups (broad SMARTS) is 1. The molecule has 0 rings (SSSR count). The lowest BCUT2D eigenvalue weighted by Gasteiger charge is -2.06. The van der Waals surface area contributed by atoms with Crippen molar-refractivity contribution >= 4 is 18.5 Å². The van der Waals surface area contributed by atoms with Gasteiger partial charge >= 0.3 is 5.97 Å². The van der Waals surface area contributed by atoms with Gasteiger partial charge in [-0.2, -0.15) is 5.10 Å². The van der Waals surface area contributed by atoms with Gasteiger partial charge in [0.1, 0.15) is 0 Å². The Morgan fingerprint density at radius 3 is 2.55 bits per heavy atom. The molecule has 1 unspecified atom stereocenters. The molecule has 0 aromatic carbocycles. The van der Waals surface area contributed by atoms with E-state index in [4.69, 9.17) is 16.7 Å². The first-order valence-corrected chi connectivity index (χ1v) is 2.62. The van der Waals surface area contributed by atoms with Crippen LogP contribution in [0.4, 0.5) is 0 Å². The van der Waals surface area contributed by atoms with Gasteiger partial charge in [0.2, 0.25) is 0 Å². The Balaban J connectivity index is 4.37. The third-order valence-corrected chi connectivity index (χ3v) is 0.887. The fraction of sp³-hybridized carbons (Fsp3) is 0.250. The number of hydrogen-bond acceptors (Lipinski definition) is 5. The van der Waals surface area contributed by atoms with Crippen molar-refractivity contribution in [3.63, 3.8) is 0 Å². The molecule has 11 heavy (non-hydrogen) atoms. The van der Waals surface area contributed by atoms with Crippen molar-refractivity contribution in [1.29, 1.82) is 0 Å². The average Bonchev–Trinajstić information content (AvgIpc) is 1.98. The SMILES string of the molecule is C=N/N=C(\NN)C(N)C(=O)O. The zero-order valence-corrected chi connectivity index (χ0v) is 5.69. The van der Waals surface area contributed by atoms with E-state index < -0.39 is 12.0 Å². The van der Waals surface area contributed by atoms with Crippen LogP contribution < -0.4 is 17.0 Å². The van der Waals surface area contributed by atoms with Crippen LogP contribution in [0.2, 0.25) is 0 Å². The first-order chi connectivity index (χ1) is 5.13.